The third-order valence-corrected chi connectivity index (χ3v) is 3.61. The number of fused-ring (bicyclic) bond motifs is 1. The van der Waals surface area contributed by atoms with Crippen molar-refractivity contribution < 1.29 is 18.0 Å². The molecule has 11 heteroatoms. The zero-order valence-electron chi connectivity index (χ0n) is 14.1. The van der Waals surface area contributed by atoms with E-state index in [2.05, 4.69) is 25.5 Å². The van der Waals surface area contributed by atoms with Gasteiger partial charge in [-0.05, 0) is 31.4 Å². The molecule has 0 spiro atoms. The highest BCUT2D eigenvalue weighted by atomic mass is 19.4. The third-order valence-electron chi connectivity index (χ3n) is 3.61. The Kier molecular flexibility index (Phi) is 4.62. The Morgan fingerprint density at radius 2 is 2.08 bits per heavy atom. The lowest BCUT2D eigenvalue weighted by Gasteiger charge is -2.07. The monoisotopic (exact) mass is 367 g/mol. The Morgan fingerprint density at radius 3 is 2.73 bits per heavy atom. The van der Waals surface area contributed by atoms with Gasteiger partial charge in [-0.2, -0.15) is 27.8 Å². The van der Waals surface area contributed by atoms with Crippen LogP contribution in [0.5, 0.6) is 0 Å². The largest absolute Gasteiger partial charge is 0.453 e. The van der Waals surface area contributed by atoms with Gasteiger partial charge in [0, 0.05) is 25.5 Å². The van der Waals surface area contributed by atoms with Crippen LogP contribution in [-0.2, 0) is 19.6 Å². The Balaban J connectivity index is 1.71. The summed E-state index contributed by atoms with van der Waals surface area (Å²) in [6, 6.07) is 1.37. The van der Waals surface area contributed by atoms with E-state index in [-0.39, 0.29) is 11.5 Å². The lowest BCUT2D eigenvalue weighted by atomic mass is 10.2. The Labute approximate surface area is 146 Å². The molecule has 0 aliphatic heterocycles. The van der Waals surface area contributed by atoms with Crippen molar-refractivity contribution in [2.75, 3.05) is 6.54 Å². The number of aryl methyl sites for hydroxylation is 3. The molecule has 1 amide bonds. The smallest absolute Gasteiger partial charge is 0.351 e. The van der Waals surface area contributed by atoms with Crippen molar-refractivity contribution in [3.05, 3.63) is 41.2 Å². The van der Waals surface area contributed by atoms with Crippen LogP contribution in [-0.4, -0.2) is 41.8 Å². The number of halogens is 3. The maximum absolute atomic E-state index is 12.8. The molecule has 8 nitrogen and oxygen atoms in total. The second kappa shape index (κ2) is 6.73. The number of nitrogens with zero attached hydrogens (tertiary/aromatic N) is 6. The van der Waals surface area contributed by atoms with Crippen molar-refractivity contribution in [3.63, 3.8) is 0 Å². The van der Waals surface area contributed by atoms with Crippen molar-refractivity contribution in [3.8, 4) is 0 Å². The molecule has 0 bridgehead atoms. The normalized spacial score (nSPS) is 11.9. The number of rotatable bonds is 5. The molecule has 3 rings (SSSR count). The highest BCUT2D eigenvalue weighted by Crippen LogP contribution is 2.26. The maximum atomic E-state index is 12.8. The highest BCUT2D eigenvalue weighted by Gasteiger charge is 2.37. The second-order valence-corrected chi connectivity index (χ2v) is 5.81. The molecule has 0 aliphatic rings. The number of alkyl halides is 3. The molecule has 0 fully saturated rings. The number of nitrogens with one attached hydrogen (secondary N) is 1. The van der Waals surface area contributed by atoms with Gasteiger partial charge in [0.05, 0.1) is 6.20 Å². The Hall–Kier alpha value is -2.98. The van der Waals surface area contributed by atoms with Gasteiger partial charge in [-0.3, -0.25) is 9.48 Å². The van der Waals surface area contributed by atoms with E-state index in [9.17, 15) is 18.0 Å². The Bertz CT molecular complexity index is 945. The summed E-state index contributed by atoms with van der Waals surface area (Å²) in [7, 11) is 1.82. The summed E-state index contributed by atoms with van der Waals surface area (Å²) < 4.78 is 40.9. The number of amides is 1. The molecule has 3 aromatic heterocycles. The average Bonchev–Trinajstić information content (AvgIpc) is 3.16. The molecule has 0 saturated heterocycles. The minimum Gasteiger partial charge on any atom is -0.351 e. The van der Waals surface area contributed by atoms with E-state index in [4.69, 9.17) is 0 Å². The molecule has 3 aromatic rings. The number of aromatic nitrogens is 6. The molecule has 138 valence electrons. The summed E-state index contributed by atoms with van der Waals surface area (Å²) in [5.41, 5.74) is 1.37. The molecule has 0 radical (unpaired) electrons. The van der Waals surface area contributed by atoms with Gasteiger partial charge in [0.15, 0.2) is 0 Å². The summed E-state index contributed by atoms with van der Waals surface area (Å²) in [6.07, 6.45) is 0.298. The molecule has 0 aromatic carbocycles. The van der Waals surface area contributed by atoms with Gasteiger partial charge < -0.3 is 5.32 Å². The summed E-state index contributed by atoms with van der Waals surface area (Å²) in [4.78, 5) is 19.6. The van der Waals surface area contributed by atoms with E-state index >= 15 is 0 Å². The summed E-state index contributed by atoms with van der Waals surface area (Å²) >= 11 is 0. The predicted molar refractivity (Wildman–Crippen MR) is 84.4 cm³/mol. The van der Waals surface area contributed by atoms with Gasteiger partial charge in [0.25, 0.3) is 17.5 Å². The van der Waals surface area contributed by atoms with Crippen LogP contribution in [0.3, 0.4) is 0 Å². The lowest BCUT2D eigenvalue weighted by Crippen LogP contribution is -2.27. The van der Waals surface area contributed by atoms with E-state index in [1.807, 2.05) is 13.2 Å². The third kappa shape index (κ3) is 3.81. The SMILES string of the molecule is Cc1cc(C(=O)NCCCc2cnn(C)c2)n2nc(C(F)(F)F)nc2n1. The molecule has 0 unspecified atom stereocenters. The van der Waals surface area contributed by atoms with E-state index in [0.29, 0.717) is 18.7 Å². The number of hydrogen-bond donors (Lipinski definition) is 1. The minimum absolute atomic E-state index is 0.0446. The van der Waals surface area contributed by atoms with E-state index < -0.39 is 17.9 Å². The minimum atomic E-state index is -4.71. The summed E-state index contributed by atoms with van der Waals surface area (Å²) in [5, 5.41) is 10.1. The molecule has 26 heavy (non-hydrogen) atoms. The first-order valence-electron chi connectivity index (χ1n) is 7.81. The Morgan fingerprint density at radius 1 is 1.31 bits per heavy atom. The highest BCUT2D eigenvalue weighted by molar-refractivity contribution is 5.93. The van der Waals surface area contributed by atoms with Crippen molar-refractivity contribution >= 4 is 11.7 Å². The van der Waals surface area contributed by atoms with E-state index in [1.54, 1.807) is 17.8 Å². The van der Waals surface area contributed by atoms with Crippen molar-refractivity contribution in [1.29, 1.82) is 0 Å². The van der Waals surface area contributed by atoms with Crippen LogP contribution in [0.25, 0.3) is 5.78 Å². The van der Waals surface area contributed by atoms with Gasteiger partial charge in [0.1, 0.15) is 5.69 Å². The maximum Gasteiger partial charge on any atom is 0.453 e. The van der Waals surface area contributed by atoms with Gasteiger partial charge in [0.2, 0.25) is 0 Å². The molecular formula is C15H16F3N7O. The van der Waals surface area contributed by atoms with Gasteiger partial charge >= 0.3 is 6.18 Å². The molecule has 1 N–H and O–H groups in total. The van der Waals surface area contributed by atoms with Crippen LogP contribution in [0.4, 0.5) is 13.2 Å². The van der Waals surface area contributed by atoms with Crippen LogP contribution in [0.1, 0.15) is 34.0 Å². The second-order valence-electron chi connectivity index (χ2n) is 5.81. The van der Waals surface area contributed by atoms with E-state index in [1.165, 1.54) is 6.07 Å². The number of carbonyl (C=O) groups is 1. The molecule has 3 heterocycles. The topological polar surface area (TPSA) is 90.0 Å². The fourth-order valence-electron chi connectivity index (χ4n) is 2.45. The quantitative estimate of drug-likeness (QED) is 0.691. The fourth-order valence-corrected chi connectivity index (χ4v) is 2.45. The van der Waals surface area contributed by atoms with Gasteiger partial charge in [-0.15, -0.1) is 5.10 Å². The van der Waals surface area contributed by atoms with Crippen molar-refractivity contribution in [2.24, 2.45) is 7.05 Å². The molecular weight excluding hydrogens is 351 g/mol. The average molecular weight is 367 g/mol. The first-order chi connectivity index (χ1) is 12.2. The number of carbonyl (C=O) groups excluding carboxylic acids is 1. The van der Waals surface area contributed by atoms with Crippen molar-refractivity contribution in [1.82, 2.24) is 34.7 Å². The predicted octanol–water partition coefficient (Wildman–Crippen LogP) is 1.55. The first kappa shape index (κ1) is 17.8. The van der Waals surface area contributed by atoms with Crippen LogP contribution >= 0.6 is 0 Å². The van der Waals surface area contributed by atoms with Crippen LogP contribution in [0.15, 0.2) is 18.5 Å². The molecule has 0 atom stereocenters. The lowest BCUT2D eigenvalue weighted by molar-refractivity contribution is -0.144. The molecule has 0 saturated carbocycles. The van der Waals surface area contributed by atoms with Crippen molar-refractivity contribution in [2.45, 2.75) is 25.9 Å². The van der Waals surface area contributed by atoms with E-state index in [0.717, 1.165) is 16.5 Å². The summed E-state index contributed by atoms with van der Waals surface area (Å²) in [6.45, 7) is 1.93. The van der Waals surface area contributed by atoms with Crippen LogP contribution in [0.2, 0.25) is 0 Å². The zero-order chi connectivity index (χ0) is 18.9. The van der Waals surface area contributed by atoms with Crippen LogP contribution < -0.4 is 5.32 Å². The van der Waals surface area contributed by atoms with Gasteiger partial charge in [-0.25, -0.2) is 4.98 Å². The fraction of sp³-hybridized carbons (Fsp3) is 0.400. The van der Waals surface area contributed by atoms with Gasteiger partial charge in [-0.1, -0.05) is 0 Å². The zero-order valence-corrected chi connectivity index (χ0v) is 14.1. The first-order valence-corrected chi connectivity index (χ1v) is 7.81. The standard InChI is InChI=1S/C15H16F3N7O/c1-9-6-11(25-14(21-9)22-13(23-25)15(16,17)18)12(26)19-5-3-4-10-7-20-24(2)8-10/h6-8H,3-5H2,1-2H3,(H,19,26). The van der Waals surface area contributed by atoms with Crippen LogP contribution in [0, 0.1) is 6.92 Å². The number of hydrogen-bond acceptors (Lipinski definition) is 5. The summed E-state index contributed by atoms with van der Waals surface area (Å²) in [5.74, 6) is -2.13. The molecule has 0 aliphatic carbocycles.